The van der Waals surface area contributed by atoms with Crippen LogP contribution in [0.2, 0.25) is 0 Å². The molecule has 0 aliphatic heterocycles. The first-order chi connectivity index (χ1) is 9.87. The van der Waals surface area contributed by atoms with Crippen molar-refractivity contribution < 1.29 is 27.5 Å². The molecule has 0 aliphatic carbocycles. The van der Waals surface area contributed by atoms with Crippen molar-refractivity contribution in [2.45, 2.75) is 12.7 Å². The maximum Gasteiger partial charge on any atom is 0.406 e. The highest BCUT2D eigenvalue weighted by molar-refractivity contribution is 5.94. The molecule has 2 aromatic rings. The molecule has 0 fully saturated rings. The molecule has 0 unspecified atom stereocenters. The fourth-order valence-corrected chi connectivity index (χ4v) is 1.72. The smallest absolute Gasteiger partial charge is 0.406 e. The molecule has 21 heavy (non-hydrogen) atoms. The predicted molar refractivity (Wildman–Crippen MR) is 65.4 cm³/mol. The third-order valence-electron chi connectivity index (χ3n) is 2.57. The number of aromatic hydroxyl groups is 1. The second-order valence-corrected chi connectivity index (χ2v) is 4.23. The first-order valence-corrected chi connectivity index (χ1v) is 5.89. The van der Waals surface area contributed by atoms with Crippen LogP contribution in [0.5, 0.6) is 5.75 Å². The van der Waals surface area contributed by atoms with Crippen LogP contribution in [0.3, 0.4) is 0 Å². The van der Waals surface area contributed by atoms with E-state index in [1.54, 1.807) is 0 Å². The van der Waals surface area contributed by atoms with Gasteiger partial charge in [-0.1, -0.05) is 0 Å². The molecule has 0 aromatic carbocycles. The molecular formula is C13H11F3N2O3. The van der Waals surface area contributed by atoms with Gasteiger partial charge in [0, 0.05) is 6.20 Å². The Morgan fingerprint density at radius 2 is 2.10 bits per heavy atom. The van der Waals surface area contributed by atoms with E-state index in [2.05, 4.69) is 4.98 Å². The summed E-state index contributed by atoms with van der Waals surface area (Å²) in [6.07, 6.45) is -2.07. The molecule has 1 amide bonds. The van der Waals surface area contributed by atoms with E-state index in [1.807, 2.05) is 0 Å². The monoisotopic (exact) mass is 300 g/mol. The maximum atomic E-state index is 12.6. The Hall–Kier alpha value is -2.51. The summed E-state index contributed by atoms with van der Waals surface area (Å²) in [5, 5.41) is 9.54. The van der Waals surface area contributed by atoms with Crippen molar-refractivity contribution in [2.24, 2.45) is 0 Å². The molecule has 0 atom stereocenters. The lowest BCUT2D eigenvalue weighted by molar-refractivity contribution is -0.142. The van der Waals surface area contributed by atoms with E-state index < -0.39 is 30.1 Å². The van der Waals surface area contributed by atoms with Gasteiger partial charge in [0.1, 0.15) is 18.1 Å². The van der Waals surface area contributed by atoms with Gasteiger partial charge in [-0.05, 0) is 24.3 Å². The Morgan fingerprint density at radius 3 is 2.67 bits per heavy atom. The molecule has 0 radical (unpaired) electrons. The molecule has 2 heterocycles. The van der Waals surface area contributed by atoms with Crippen molar-refractivity contribution in [3.8, 4) is 5.75 Å². The van der Waals surface area contributed by atoms with Crippen LogP contribution in [0.4, 0.5) is 13.2 Å². The number of furan rings is 1. The first-order valence-electron chi connectivity index (χ1n) is 5.89. The molecule has 0 aliphatic rings. The molecule has 1 N–H and O–H groups in total. The lowest BCUT2D eigenvalue weighted by Gasteiger charge is -2.22. The number of amides is 1. The second kappa shape index (κ2) is 5.86. The van der Waals surface area contributed by atoms with Crippen LogP contribution in [-0.2, 0) is 6.54 Å². The van der Waals surface area contributed by atoms with Crippen LogP contribution in [0.1, 0.15) is 16.2 Å². The minimum Gasteiger partial charge on any atom is -0.505 e. The van der Waals surface area contributed by atoms with Crippen LogP contribution in [0.15, 0.2) is 41.1 Å². The maximum absolute atomic E-state index is 12.6. The highest BCUT2D eigenvalue weighted by atomic mass is 19.4. The van der Waals surface area contributed by atoms with Crippen molar-refractivity contribution in [3.05, 3.63) is 48.2 Å². The average Bonchev–Trinajstić information content (AvgIpc) is 2.89. The summed E-state index contributed by atoms with van der Waals surface area (Å²) in [6.45, 7) is -1.84. The summed E-state index contributed by atoms with van der Waals surface area (Å²) in [5.74, 6) is -1.31. The van der Waals surface area contributed by atoms with Crippen LogP contribution in [-0.4, -0.2) is 33.6 Å². The quantitative estimate of drug-likeness (QED) is 0.942. The van der Waals surface area contributed by atoms with Gasteiger partial charge in [0.15, 0.2) is 5.69 Å². The number of aromatic nitrogens is 1. The molecular weight excluding hydrogens is 289 g/mol. The third-order valence-corrected chi connectivity index (χ3v) is 2.57. The SMILES string of the molecule is O=C(c1ncccc1O)N(Cc1ccco1)CC(F)(F)F. The molecule has 2 rings (SSSR count). The molecule has 0 bridgehead atoms. The van der Waals surface area contributed by atoms with Crippen LogP contribution >= 0.6 is 0 Å². The number of alkyl halides is 3. The van der Waals surface area contributed by atoms with Crippen molar-refractivity contribution in [2.75, 3.05) is 6.54 Å². The fourth-order valence-electron chi connectivity index (χ4n) is 1.72. The van der Waals surface area contributed by atoms with Crippen LogP contribution < -0.4 is 0 Å². The van der Waals surface area contributed by atoms with Crippen molar-refractivity contribution >= 4 is 5.91 Å². The van der Waals surface area contributed by atoms with E-state index in [0.717, 1.165) is 0 Å². The van der Waals surface area contributed by atoms with E-state index in [4.69, 9.17) is 4.42 Å². The summed E-state index contributed by atoms with van der Waals surface area (Å²) < 4.78 is 42.8. The standard InChI is InChI=1S/C13H11F3N2O3/c14-13(15,16)8-18(7-9-3-2-6-21-9)12(20)11-10(19)4-1-5-17-11/h1-6,19H,7-8H2. The van der Waals surface area contributed by atoms with Crippen LogP contribution in [0, 0.1) is 0 Å². The molecule has 2 aromatic heterocycles. The van der Waals surface area contributed by atoms with E-state index in [9.17, 15) is 23.1 Å². The zero-order chi connectivity index (χ0) is 15.5. The number of hydrogen-bond donors (Lipinski definition) is 1. The molecule has 0 saturated heterocycles. The van der Waals surface area contributed by atoms with Gasteiger partial charge in [-0.15, -0.1) is 0 Å². The minimum atomic E-state index is -4.58. The van der Waals surface area contributed by atoms with Gasteiger partial charge in [0.2, 0.25) is 0 Å². The van der Waals surface area contributed by atoms with Gasteiger partial charge in [-0.2, -0.15) is 13.2 Å². The zero-order valence-corrected chi connectivity index (χ0v) is 10.7. The van der Waals surface area contributed by atoms with Crippen LogP contribution in [0.25, 0.3) is 0 Å². The van der Waals surface area contributed by atoms with Crippen molar-refractivity contribution in [3.63, 3.8) is 0 Å². The number of carbonyl (C=O) groups excluding carboxylic acids is 1. The van der Waals surface area contributed by atoms with Gasteiger partial charge in [0.25, 0.3) is 5.91 Å². The van der Waals surface area contributed by atoms with E-state index >= 15 is 0 Å². The molecule has 8 heteroatoms. The second-order valence-electron chi connectivity index (χ2n) is 4.23. The fraction of sp³-hybridized carbons (Fsp3) is 0.231. The van der Waals surface area contributed by atoms with Gasteiger partial charge < -0.3 is 14.4 Å². The summed E-state index contributed by atoms with van der Waals surface area (Å²) in [6, 6.07) is 5.50. The largest absolute Gasteiger partial charge is 0.505 e. The molecule has 112 valence electrons. The normalized spacial score (nSPS) is 11.4. The molecule has 5 nitrogen and oxygen atoms in total. The van der Waals surface area contributed by atoms with Gasteiger partial charge in [-0.25, -0.2) is 4.98 Å². The summed E-state index contributed by atoms with van der Waals surface area (Å²) in [4.78, 5) is 16.3. The summed E-state index contributed by atoms with van der Waals surface area (Å²) in [7, 11) is 0. The summed E-state index contributed by atoms with van der Waals surface area (Å²) >= 11 is 0. The number of rotatable bonds is 4. The van der Waals surface area contributed by atoms with E-state index in [0.29, 0.717) is 4.90 Å². The van der Waals surface area contributed by atoms with Gasteiger partial charge in [0.05, 0.1) is 12.8 Å². The van der Waals surface area contributed by atoms with E-state index in [-0.39, 0.29) is 12.3 Å². The number of hydrogen-bond acceptors (Lipinski definition) is 4. The van der Waals surface area contributed by atoms with Gasteiger partial charge >= 0.3 is 6.18 Å². The van der Waals surface area contributed by atoms with E-state index in [1.165, 1.54) is 36.7 Å². The molecule has 0 saturated carbocycles. The Bertz CT molecular complexity index is 611. The Kier molecular flexibility index (Phi) is 4.15. The number of nitrogens with zero attached hydrogens (tertiary/aromatic N) is 2. The number of carbonyl (C=O) groups is 1. The summed E-state index contributed by atoms with van der Waals surface area (Å²) in [5.41, 5.74) is -0.437. The highest BCUT2D eigenvalue weighted by Crippen LogP contribution is 2.22. The lowest BCUT2D eigenvalue weighted by atomic mass is 10.2. The third kappa shape index (κ3) is 3.98. The Labute approximate surface area is 117 Å². The lowest BCUT2D eigenvalue weighted by Crippen LogP contribution is -2.38. The predicted octanol–water partition coefficient (Wildman–Crippen LogP) is 2.58. The first kappa shape index (κ1) is 14.9. The minimum absolute atomic E-state index is 0.197. The van der Waals surface area contributed by atoms with Crippen molar-refractivity contribution in [1.29, 1.82) is 0 Å². The average molecular weight is 300 g/mol. The Morgan fingerprint density at radius 1 is 1.33 bits per heavy atom. The highest BCUT2D eigenvalue weighted by Gasteiger charge is 2.34. The Balaban J connectivity index is 2.26. The zero-order valence-electron chi connectivity index (χ0n) is 10.7. The van der Waals surface area contributed by atoms with Crippen molar-refractivity contribution in [1.82, 2.24) is 9.88 Å². The number of halogens is 3. The van der Waals surface area contributed by atoms with Gasteiger partial charge in [-0.3, -0.25) is 4.79 Å². The topological polar surface area (TPSA) is 66.6 Å². The molecule has 0 spiro atoms. The number of pyridine rings is 1.